The number of aliphatic carboxylic acids is 1. The standard InChI is InChI=1S/C44H74O4/c1-3-5-7-9-11-13-14-15-16-17-18-19-20-21-22-23-24-26-28-33-37-41-44(47)48-42(39-35-31-29-32-36-40-43(45)46)38-34-30-27-25-12-10-8-6-4-2/h5,7,11,13,15-16,18-19,21-22,24,26,42H,3-4,6,8-10,12,14,17,20,23,25,27-41H2,1-2H3,(H,45,46)/b7-5-,13-11-,16-15-,19-18-,22-21-,26-24-. The Balaban J connectivity index is 4.09. The van der Waals surface area contributed by atoms with Crippen molar-refractivity contribution in [2.75, 3.05) is 0 Å². The zero-order valence-electron chi connectivity index (χ0n) is 31.3. The first kappa shape index (κ1) is 45.4. The second-order valence-electron chi connectivity index (χ2n) is 13.1. The molecule has 1 N–H and O–H groups in total. The maximum Gasteiger partial charge on any atom is 0.306 e. The van der Waals surface area contributed by atoms with Crippen LogP contribution in [-0.4, -0.2) is 23.1 Å². The second-order valence-corrected chi connectivity index (χ2v) is 13.1. The zero-order chi connectivity index (χ0) is 35.0. The summed E-state index contributed by atoms with van der Waals surface area (Å²) >= 11 is 0. The molecule has 0 amide bonds. The van der Waals surface area contributed by atoms with Crippen LogP contribution in [0.2, 0.25) is 0 Å². The van der Waals surface area contributed by atoms with Crippen LogP contribution >= 0.6 is 0 Å². The molecule has 0 fully saturated rings. The predicted octanol–water partition coefficient (Wildman–Crippen LogP) is 13.9. The third kappa shape index (κ3) is 37.8. The number of unbranched alkanes of at least 4 members (excludes halogenated alkanes) is 14. The molecule has 274 valence electrons. The lowest BCUT2D eigenvalue weighted by molar-refractivity contribution is -0.150. The molecule has 0 heterocycles. The molecule has 0 aliphatic heterocycles. The van der Waals surface area contributed by atoms with Crippen molar-refractivity contribution in [3.05, 3.63) is 72.9 Å². The van der Waals surface area contributed by atoms with Crippen molar-refractivity contribution in [1.29, 1.82) is 0 Å². The van der Waals surface area contributed by atoms with Crippen LogP contribution in [0.3, 0.4) is 0 Å². The molecule has 0 aromatic carbocycles. The Bertz CT molecular complexity index is 892. The monoisotopic (exact) mass is 667 g/mol. The van der Waals surface area contributed by atoms with Crippen LogP contribution in [0.5, 0.6) is 0 Å². The number of carboxylic acids is 1. The highest BCUT2D eigenvalue weighted by atomic mass is 16.5. The highest BCUT2D eigenvalue weighted by molar-refractivity contribution is 5.69. The van der Waals surface area contributed by atoms with Gasteiger partial charge in [0.2, 0.25) is 0 Å². The van der Waals surface area contributed by atoms with E-state index in [1.54, 1.807) is 0 Å². The van der Waals surface area contributed by atoms with Crippen molar-refractivity contribution in [1.82, 2.24) is 0 Å². The van der Waals surface area contributed by atoms with Crippen LogP contribution in [0.4, 0.5) is 0 Å². The number of rotatable bonds is 35. The second kappa shape index (κ2) is 38.8. The molecular weight excluding hydrogens is 592 g/mol. The van der Waals surface area contributed by atoms with Gasteiger partial charge in [-0.05, 0) is 89.9 Å². The molecule has 1 unspecified atom stereocenters. The first-order valence-corrected chi connectivity index (χ1v) is 19.9. The van der Waals surface area contributed by atoms with Gasteiger partial charge in [0.15, 0.2) is 0 Å². The number of hydrogen-bond acceptors (Lipinski definition) is 3. The highest BCUT2D eigenvalue weighted by Gasteiger charge is 2.14. The van der Waals surface area contributed by atoms with E-state index >= 15 is 0 Å². The number of hydrogen-bond donors (Lipinski definition) is 1. The van der Waals surface area contributed by atoms with Crippen molar-refractivity contribution in [3.63, 3.8) is 0 Å². The number of allylic oxidation sites excluding steroid dienone is 12. The first-order valence-electron chi connectivity index (χ1n) is 19.9. The summed E-state index contributed by atoms with van der Waals surface area (Å²) in [6.45, 7) is 4.42. The maximum absolute atomic E-state index is 12.6. The van der Waals surface area contributed by atoms with E-state index in [-0.39, 0.29) is 18.5 Å². The molecule has 0 saturated heterocycles. The van der Waals surface area contributed by atoms with Crippen LogP contribution in [0.1, 0.15) is 187 Å². The fraction of sp³-hybridized carbons (Fsp3) is 0.682. The Labute approximate surface area is 297 Å². The van der Waals surface area contributed by atoms with Crippen molar-refractivity contribution < 1.29 is 19.4 Å². The molecule has 0 radical (unpaired) electrons. The van der Waals surface area contributed by atoms with Crippen LogP contribution in [0.15, 0.2) is 72.9 Å². The van der Waals surface area contributed by atoms with Crippen molar-refractivity contribution in [2.45, 2.75) is 193 Å². The van der Waals surface area contributed by atoms with Crippen molar-refractivity contribution >= 4 is 11.9 Å². The van der Waals surface area contributed by atoms with Gasteiger partial charge in [-0.15, -0.1) is 0 Å². The molecule has 0 saturated carbocycles. The molecule has 0 spiro atoms. The molecular formula is C44H74O4. The smallest absolute Gasteiger partial charge is 0.306 e. The van der Waals surface area contributed by atoms with Crippen molar-refractivity contribution in [2.24, 2.45) is 0 Å². The van der Waals surface area contributed by atoms with E-state index in [1.165, 1.54) is 51.4 Å². The number of carbonyl (C=O) groups is 2. The van der Waals surface area contributed by atoms with Gasteiger partial charge in [-0.1, -0.05) is 157 Å². The third-order valence-electron chi connectivity index (χ3n) is 8.44. The molecule has 4 nitrogen and oxygen atoms in total. The average Bonchev–Trinajstić information content (AvgIpc) is 3.07. The lowest BCUT2D eigenvalue weighted by Crippen LogP contribution is -2.18. The Kier molecular flexibility index (Phi) is 36.7. The summed E-state index contributed by atoms with van der Waals surface area (Å²) in [5.41, 5.74) is 0. The molecule has 4 heteroatoms. The third-order valence-corrected chi connectivity index (χ3v) is 8.44. The Morgan fingerprint density at radius 1 is 0.479 bits per heavy atom. The molecule has 0 bridgehead atoms. The SMILES string of the molecule is CC/C=C\C/C=C\C/C=C\C/C=C\C/C=C\C/C=C\CCCCC(=O)OC(CCCCCCCCCCC)CCCCCCCC(=O)O. The molecule has 0 rings (SSSR count). The average molecular weight is 667 g/mol. The van der Waals surface area contributed by atoms with E-state index in [1.807, 2.05) is 0 Å². The normalized spacial score (nSPS) is 13.0. The minimum atomic E-state index is -0.708. The van der Waals surface area contributed by atoms with Gasteiger partial charge in [-0.3, -0.25) is 9.59 Å². The van der Waals surface area contributed by atoms with E-state index in [0.717, 1.165) is 109 Å². The summed E-state index contributed by atoms with van der Waals surface area (Å²) in [4.78, 5) is 23.3. The van der Waals surface area contributed by atoms with Crippen LogP contribution in [0.25, 0.3) is 0 Å². The summed E-state index contributed by atoms with van der Waals surface area (Å²) in [6.07, 6.45) is 54.9. The quantitative estimate of drug-likeness (QED) is 0.0415. The molecule has 0 aromatic heterocycles. The van der Waals surface area contributed by atoms with E-state index in [9.17, 15) is 9.59 Å². The number of ether oxygens (including phenoxy) is 1. The topological polar surface area (TPSA) is 63.6 Å². The Morgan fingerprint density at radius 2 is 0.875 bits per heavy atom. The molecule has 48 heavy (non-hydrogen) atoms. The number of esters is 1. The fourth-order valence-corrected chi connectivity index (χ4v) is 5.54. The summed E-state index contributed by atoms with van der Waals surface area (Å²) in [7, 11) is 0. The fourth-order valence-electron chi connectivity index (χ4n) is 5.54. The molecule has 0 aromatic rings. The summed E-state index contributed by atoms with van der Waals surface area (Å²) in [6, 6.07) is 0. The highest BCUT2D eigenvalue weighted by Crippen LogP contribution is 2.18. The van der Waals surface area contributed by atoms with E-state index in [2.05, 4.69) is 86.8 Å². The minimum Gasteiger partial charge on any atom is -0.481 e. The number of carboxylic acid groups (broad SMARTS) is 1. The van der Waals surface area contributed by atoms with Gasteiger partial charge >= 0.3 is 11.9 Å². The summed E-state index contributed by atoms with van der Waals surface area (Å²) in [5, 5.41) is 8.81. The lowest BCUT2D eigenvalue weighted by Gasteiger charge is -2.18. The molecule has 0 aliphatic carbocycles. The zero-order valence-corrected chi connectivity index (χ0v) is 31.3. The van der Waals surface area contributed by atoms with E-state index in [0.29, 0.717) is 6.42 Å². The first-order chi connectivity index (χ1) is 23.6. The van der Waals surface area contributed by atoms with Crippen LogP contribution in [-0.2, 0) is 14.3 Å². The van der Waals surface area contributed by atoms with Gasteiger partial charge in [-0.25, -0.2) is 0 Å². The molecule has 0 aliphatic rings. The van der Waals surface area contributed by atoms with Gasteiger partial charge in [0.25, 0.3) is 0 Å². The van der Waals surface area contributed by atoms with Crippen LogP contribution in [0, 0.1) is 0 Å². The van der Waals surface area contributed by atoms with E-state index < -0.39 is 5.97 Å². The largest absolute Gasteiger partial charge is 0.481 e. The van der Waals surface area contributed by atoms with Gasteiger partial charge < -0.3 is 9.84 Å². The summed E-state index contributed by atoms with van der Waals surface area (Å²) < 4.78 is 5.97. The maximum atomic E-state index is 12.6. The van der Waals surface area contributed by atoms with Crippen molar-refractivity contribution in [3.8, 4) is 0 Å². The Hall–Kier alpha value is -2.62. The Morgan fingerprint density at radius 3 is 1.33 bits per heavy atom. The van der Waals surface area contributed by atoms with Gasteiger partial charge in [0.05, 0.1) is 0 Å². The van der Waals surface area contributed by atoms with Gasteiger partial charge in [-0.2, -0.15) is 0 Å². The van der Waals surface area contributed by atoms with Gasteiger partial charge in [0.1, 0.15) is 6.10 Å². The minimum absolute atomic E-state index is 0.0319. The van der Waals surface area contributed by atoms with Crippen LogP contribution < -0.4 is 0 Å². The summed E-state index contributed by atoms with van der Waals surface area (Å²) in [5.74, 6) is -0.750. The molecule has 1 atom stereocenters. The van der Waals surface area contributed by atoms with E-state index in [4.69, 9.17) is 9.84 Å². The number of carbonyl (C=O) groups excluding carboxylic acids is 1. The lowest BCUT2D eigenvalue weighted by atomic mass is 10.0. The van der Waals surface area contributed by atoms with Gasteiger partial charge in [0, 0.05) is 12.8 Å². The predicted molar refractivity (Wildman–Crippen MR) is 208 cm³/mol.